The van der Waals surface area contributed by atoms with Crippen LogP contribution in [0.1, 0.15) is 6.92 Å². The average molecular weight is 312 g/mol. The van der Waals surface area contributed by atoms with Gasteiger partial charge in [-0.15, -0.1) is 11.6 Å². The van der Waals surface area contributed by atoms with Gasteiger partial charge in [-0.25, -0.2) is 8.42 Å². The van der Waals surface area contributed by atoms with Gasteiger partial charge in [-0.05, 0) is 14.0 Å². The van der Waals surface area contributed by atoms with Gasteiger partial charge in [0, 0.05) is 32.7 Å². The van der Waals surface area contributed by atoms with Crippen molar-refractivity contribution in [3.8, 4) is 0 Å². The van der Waals surface area contributed by atoms with Crippen molar-refractivity contribution in [1.29, 1.82) is 0 Å². The molecule has 2 atom stereocenters. The lowest BCUT2D eigenvalue weighted by Gasteiger charge is -2.41. The fraction of sp³-hybridized carbons (Fsp3) is 1.00. The minimum Gasteiger partial charge on any atom is -0.379 e. The number of nitrogens with zero attached hydrogens (tertiary/aromatic N) is 3. The molecule has 112 valence electrons. The van der Waals surface area contributed by atoms with Crippen molar-refractivity contribution in [2.24, 2.45) is 0 Å². The van der Waals surface area contributed by atoms with Crippen molar-refractivity contribution >= 4 is 21.6 Å². The normalized spacial score (nSPS) is 30.4. The molecule has 2 aliphatic rings. The summed E-state index contributed by atoms with van der Waals surface area (Å²) < 4.78 is 31.9. The second-order valence-corrected chi connectivity index (χ2v) is 7.82. The molecule has 0 aromatic rings. The minimum absolute atomic E-state index is 0.260. The second kappa shape index (κ2) is 6.24. The molecule has 0 amide bonds. The summed E-state index contributed by atoms with van der Waals surface area (Å²) in [6.07, 6.45) is 0. The van der Waals surface area contributed by atoms with Gasteiger partial charge >= 0.3 is 0 Å². The Kier molecular flexibility index (Phi) is 5.08. The highest BCUT2D eigenvalue weighted by Crippen LogP contribution is 2.21. The van der Waals surface area contributed by atoms with Crippen LogP contribution in [0.15, 0.2) is 0 Å². The van der Waals surface area contributed by atoms with Gasteiger partial charge in [0.05, 0.1) is 18.7 Å². The summed E-state index contributed by atoms with van der Waals surface area (Å²) in [6.45, 7) is 5.75. The summed E-state index contributed by atoms with van der Waals surface area (Å²) in [6, 6.07) is 0. The molecule has 0 aliphatic carbocycles. The smallest absolute Gasteiger partial charge is 0.230 e. The van der Waals surface area contributed by atoms with Crippen LogP contribution >= 0.6 is 11.6 Å². The van der Waals surface area contributed by atoms with Gasteiger partial charge in [0.1, 0.15) is 5.37 Å². The van der Waals surface area contributed by atoms with Crippen LogP contribution in [-0.4, -0.2) is 86.4 Å². The molecule has 19 heavy (non-hydrogen) atoms. The number of halogens is 1. The highest BCUT2D eigenvalue weighted by molar-refractivity contribution is 7.89. The van der Waals surface area contributed by atoms with Gasteiger partial charge in [0.25, 0.3) is 0 Å². The minimum atomic E-state index is -3.34. The zero-order chi connectivity index (χ0) is 14.0. The third-order valence-electron chi connectivity index (χ3n) is 3.79. The molecule has 0 aromatic heterocycles. The van der Waals surface area contributed by atoms with E-state index in [9.17, 15) is 8.42 Å². The van der Waals surface area contributed by atoms with Gasteiger partial charge in [0.15, 0.2) is 0 Å². The monoisotopic (exact) mass is 311 g/mol. The first-order valence-electron chi connectivity index (χ1n) is 6.58. The van der Waals surface area contributed by atoms with Gasteiger partial charge in [-0.3, -0.25) is 4.90 Å². The van der Waals surface area contributed by atoms with Crippen molar-refractivity contribution in [3.63, 3.8) is 0 Å². The fourth-order valence-electron chi connectivity index (χ4n) is 2.48. The number of piperazine rings is 1. The molecule has 2 saturated heterocycles. The van der Waals surface area contributed by atoms with E-state index in [1.807, 2.05) is 11.9 Å². The zero-order valence-corrected chi connectivity index (χ0v) is 13.0. The van der Waals surface area contributed by atoms with E-state index in [-0.39, 0.29) is 5.50 Å². The largest absolute Gasteiger partial charge is 0.379 e. The molecule has 2 unspecified atom stereocenters. The zero-order valence-electron chi connectivity index (χ0n) is 11.5. The Morgan fingerprint density at radius 2 is 1.84 bits per heavy atom. The van der Waals surface area contributed by atoms with Gasteiger partial charge in [-0.1, -0.05) is 0 Å². The number of sulfonamides is 1. The number of rotatable bonds is 3. The third-order valence-corrected chi connectivity index (χ3v) is 6.40. The quantitative estimate of drug-likeness (QED) is 0.534. The molecule has 2 heterocycles. The Balaban J connectivity index is 2.06. The lowest BCUT2D eigenvalue weighted by molar-refractivity contribution is 0.0690. The lowest BCUT2D eigenvalue weighted by atomic mass is 10.3. The van der Waals surface area contributed by atoms with E-state index in [1.54, 1.807) is 6.92 Å². The average Bonchev–Trinajstić information content (AvgIpc) is 2.39. The molecular formula is C11H22ClN3O3S. The summed E-state index contributed by atoms with van der Waals surface area (Å²) >= 11 is 6.29. The molecule has 0 N–H and O–H groups in total. The molecule has 2 rings (SSSR count). The van der Waals surface area contributed by atoms with Crippen LogP contribution in [-0.2, 0) is 14.8 Å². The van der Waals surface area contributed by atoms with Crippen molar-refractivity contribution < 1.29 is 13.2 Å². The van der Waals surface area contributed by atoms with Crippen LogP contribution < -0.4 is 0 Å². The maximum absolute atomic E-state index is 12.6. The van der Waals surface area contributed by atoms with E-state index in [4.69, 9.17) is 16.3 Å². The topological polar surface area (TPSA) is 53.1 Å². The van der Waals surface area contributed by atoms with Crippen LogP contribution in [0, 0.1) is 0 Å². The van der Waals surface area contributed by atoms with E-state index in [1.165, 1.54) is 4.31 Å². The first-order chi connectivity index (χ1) is 8.93. The Bertz CT molecular complexity index is 400. The summed E-state index contributed by atoms with van der Waals surface area (Å²) in [5.41, 5.74) is -0.260. The number of morpholine rings is 1. The predicted molar refractivity (Wildman–Crippen MR) is 74.6 cm³/mol. The lowest BCUT2D eigenvalue weighted by Crippen LogP contribution is -2.57. The predicted octanol–water partition coefficient (Wildman–Crippen LogP) is -0.193. The molecule has 2 aliphatic heterocycles. The standard InChI is InChI=1S/C11H22ClN3O3S/c1-10(15-4-3-13(2)9-11(15)12)19(16,17)14-5-7-18-8-6-14/h10-11H,3-9H2,1-2H3. The van der Waals surface area contributed by atoms with Gasteiger partial charge < -0.3 is 9.64 Å². The fourth-order valence-corrected chi connectivity index (χ4v) is 4.73. The van der Waals surface area contributed by atoms with Crippen molar-refractivity contribution in [2.45, 2.75) is 17.8 Å². The molecule has 0 bridgehead atoms. The Hall–Kier alpha value is 0.0800. The molecule has 2 fully saturated rings. The second-order valence-electron chi connectivity index (χ2n) is 5.09. The van der Waals surface area contributed by atoms with E-state index in [0.717, 1.165) is 6.54 Å². The van der Waals surface area contributed by atoms with E-state index < -0.39 is 15.4 Å². The van der Waals surface area contributed by atoms with Crippen LogP contribution in [0.5, 0.6) is 0 Å². The Morgan fingerprint density at radius 3 is 2.42 bits per heavy atom. The molecule has 0 radical (unpaired) electrons. The number of hydrogen-bond acceptors (Lipinski definition) is 5. The Labute approximate surface area is 120 Å². The highest BCUT2D eigenvalue weighted by Gasteiger charge is 2.38. The van der Waals surface area contributed by atoms with E-state index in [0.29, 0.717) is 39.4 Å². The number of alkyl halides is 1. The maximum atomic E-state index is 12.6. The summed E-state index contributed by atoms with van der Waals surface area (Å²) in [7, 11) is -1.34. The maximum Gasteiger partial charge on any atom is 0.230 e. The first-order valence-corrected chi connectivity index (χ1v) is 8.52. The molecular weight excluding hydrogens is 290 g/mol. The van der Waals surface area contributed by atoms with Crippen LogP contribution in [0.4, 0.5) is 0 Å². The van der Waals surface area contributed by atoms with Crippen LogP contribution in [0.25, 0.3) is 0 Å². The molecule has 8 heteroatoms. The number of hydrogen-bond donors (Lipinski definition) is 0. The molecule has 6 nitrogen and oxygen atoms in total. The van der Waals surface area contributed by atoms with Crippen molar-refractivity contribution in [3.05, 3.63) is 0 Å². The molecule has 0 aromatic carbocycles. The number of likely N-dealkylation sites (N-methyl/N-ethyl adjacent to an activating group) is 1. The SMILES string of the molecule is CC(N1CCN(C)CC1Cl)S(=O)(=O)N1CCOCC1. The van der Waals surface area contributed by atoms with Gasteiger partial charge in [-0.2, -0.15) is 4.31 Å². The molecule has 0 saturated carbocycles. The first kappa shape index (κ1) is 15.5. The summed E-state index contributed by atoms with van der Waals surface area (Å²) in [5.74, 6) is 0. The van der Waals surface area contributed by atoms with Crippen molar-refractivity contribution in [2.75, 3.05) is 53.0 Å². The van der Waals surface area contributed by atoms with Crippen molar-refractivity contribution in [1.82, 2.24) is 14.1 Å². The summed E-state index contributed by atoms with van der Waals surface area (Å²) in [5, 5.41) is -0.582. The van der Waals surface area contributed by atoms with Crippen LogP contribution in [0.2, 0.25) is 0 Å². The van der Waals surface area contributed by atoms with E-state index >= 15 is 0 Å². The Morgan fingerprint density at radius 1 is 1.21 bits per heavy atom. The van der Waals surface area contributed by atoms with E-state index in [2.05, 4.69) is 4.90 Å². The van der Waals surface area contributed by atoms with Gasteiger partial charge in [0.2, 0.25) is 10.0 Å². The summed E-state index contributed by atoms with van der Waals surface area (Å²) in [4.78, 5) is 3.98. The third kappa shape index (κ3) is 3.40. The number of ether oxygens (including phenoxy) is 1. The highest BCUT2D eigenvalue weighted by atomic mass is 35.5. The van der Waals surface area contributed by atoms with Crippen LogP contribution in [0.3, 0.4) is 0 Å². The molecule has 0 spiro atoms.